The zero-order chi connectivity index (χ0) is 9.84. The van der Waals surface area contributed by atoms with E-state index in [0.29, 0.717) is 0 Å². The maximum absolute atomic E-state index is 9.51. The maximum Gasteiger partial charge on any atom is 0.111 e. The van der Waals surface area contributed by atoms with Gasteiger partial charge in [-0.1, -0.05) is 19.1 Å². The van der Waals surface area contributed by atoms with Crippen LogP contribution < -0.4 is 5.32 Å². The minimum atomic E-state index is -1.08. The fourth-order valence-corrected chi connectivity index (χ4v) is 1.38. The van der Waals surface area contributed by atoms with Crippen LogP contribution >= 0.6 is 0 Å². The van der Waals surface area contributed by atoms with Gasteiger partial charge in [0.05, 0.1) is 6.04 Å². The summed E-state index contributed by atoms with van der Waals surface area (Å²) in [6, 6.07) is -0.252. The molecular weight excluding hydrogens is 170 g/mol. The van der Waals surface area contributed by atoms with Crippen LogP contribution in [0.15, 0.2) is 12.2 Å². The average molecular weight is 187 g/mol. The summed E-state index contributed by atoms with van der Waals surface area (Å²) in [6.07, 6.45) is 1.21. The maximum atomic E-state index is 9.51. The molecule has 1 aliphatic carbocycles. The first-order chi connectivity index (χ1) is 6.16. The molecule has 4 nitrogen and oxygen atoms in total. The molecule has 0 saturated heterocycles. The molecule has 4 atom stereocenters. The predicted octanol–water partition coefficient (Wildman–Crippen LogP) is -0.993. The zero-order valence-corrected chi connectivity index (χ0v) is 7.72. The Hall–Kier alpha value is -0.420. The van der Waals surface area contributed by atoms with Crippen molar-refractivity contribution in [1.29, 1.82) is 0 Å². The number of rotatable bonds is 3. The van der Waals surface area contributed by atoms with Gasteiger partial charge in [-0.2, -0.15) is 0 Å². The lowest BCUT2D eigenvalue weighted by Crippen LogP contribution is -2.52. The third-order valence-corrected chi connectivity index (χ3v) is 2.21. The summed E-state index contributed by atoms with van der Waals surface area (Å²) in [7, 11) is 0. The van der Waals surface area contributed by atoms with Crippen LogP contribution in [-0.4, -0.2) is 46.2 Å². The molecule has 1 aliphatic rings. The summed E-state index contributed by atoms with van der Waals surface area (Å²) in [4.78, 5) is 0. The van der Waals surface area contributed by atoms with Crippen molar-refractivity contribution in [1.82, 2.24) is 5.32 Å². The van der Waals surface area contributed by atoms with E-state index in [-0.39, 0.29) is 6.04 Å². The van der Waals surface area contributed by atoms with E-state index in [1.54, 1.807) is 6.08 Å². The van der Waals surface area contributed by atoms with Gasteiger partial charge in [-0.25, -0.2) is 0 Å². The number of nitrogens with one attached hydrogen (secondary N) is 1. The minimum absolute atomic E-state index is 0.252. The van der Waals surface area contributed by atoms with Gasteiger partial charge in [-0.3, -0.25) is 0 Å². The Morgan fingerprint density at radius 1 is 1.15 bits per heavy atom. The smallest absolute Gasteiger partial charge is 0.111 e. The van der Waals surface area contributed by atoms with E-state index in [1.807, 2.05) is 6.92 Å². The highest BCUT2D eigenvalue weighted by molar-refractivity contribution is 5.10. The monoisotopic (exact) mass is 187 g/mol. The minimum Gasteiger partial charge on any atom is -0.388 e. The van der Waals surface area contributed by atoms with Crippen molar-refractivity contribution in [2.45, 2.75) is 37.7 Å². The molecule has 0 aromatic carbocycles. The van der Waals surface area contributed by atoms with Crippen LogP contribution in [0.1, 0.15) is 13.3 Å². The fourth-order valence-electron chi connectivity index (χ4n) is 1.38. The summed E-state index contributed by atoms with van der Waals surface area (Å²) in [5, 5.41) is 31.1. The van der Waals surface area contributed by atoms with E-state index >= 15 is 0 Å². The van der Waals surface area contributed by atoms with Crippen molar-refractivity contribution in [2.24, 2.45) is 0 Å². The van der Waals surface area contributed by atoms with Crippen LogP contribution in [0.4, 0.5) is 0 Å². The van der Waals surface area contributed by atoms with E-state index in [9.17, 15) is 10.2 Å². The van der Waals surface area contributed by atoms with Gasteiger partial charge in [0.1, 0.15) is 18.3 Å². The summed E-state index contributed by atoms with van der Waals surface area (Å²) in [5.41, 5.74) is 0. The standard InChI is InChI=1S/C9H17NO3/c1-2-5-10-6-3-4-7(11)9(13)8(6)12/h3-4,6-13H,2,5H2,1H3/t6-,7-,8+,9+/m1/s1. The SMILES string of the molecule is CCCN[C@@H]1C=C[C@@H](O)[C@H](O)[C@H]1O. The molecule has 4 heteroatoms. The van der Waals surface area contributed by atoms with Crippen LogP contribution in [0.2, 0.25) is 0 Å². The molecule has 0 unspecified atom stereocenters. The highest BCUT2D eigenvalue weighted by Crippen LogP contribution is 2.13. The third-order valence-electron chi connectivity index (χ3n) is 2.21. The Morgan fingerprint density at radius 2 is 1.85 bits per heavy atom. The van der Waals surface area contributed by atoms with Gasteiger partial charge < -0.3 is 20.6 Å². The summed E-state index contributed by atoms with van der Waals surface area (Å²) < 4.78 is 0. The first-order valence-corrected chi connectivity index (χ1v) is 4.62. The quantitative estimate of drug-likeness (QED) is 0.428. The Kier molecular flexibility index (Phi) is 3.87. The van der Waals surface area contributed by atoms with Crippen molar-refractivity contribution in [3.05, 3.63) is 12.2 Å². The van der Waals surface area contributed by atoms with Crippen LogP contribution in [0.5, 0.6) is 0 Å². The molecule has 13 heavy (non-hydrogen) atoms. The fraction of sp³-hybridized carbons (Fsp3) is 0.778. The molecule has 0 bridgehead atoms. The molecule has 4 N–H and O–H groups in total. The van der Waals surface area contributed by atoms with Gasteiger partial charge in [0.25, 0.3) is 0 Å². The molecule has 0 fully saturated rings. The van der Waals surface area contributed by atoms with Gasteiger partial charge in [0.15, 0.2) is 0 Å². The van der Waals surface area contributed by atoms with E-state index in [2.05, 4.69) is 5.32 Å². The Balaban J connectivity index is 2.51. The molecular formula is C9H17NO3. The van der Waals surface area contributed by atoms with Crippen molar-refractivity contribution < 1.29 is 15.3 Å². The summed E-state index contributed by atoms with van der Waals surface area (Å²) in [5.74, 6) is 0. The van der Waals surface area contributed by atoms with Crippen molar-refractivity contribution >= 4 is 0 Å². The molecule has 76 valence electrons. The highest BCUT2D eigenvalue weighted by atomic mass is 16.4. The number of aliphatic hydroxyl groups is 3. The van der Waals surface area contributed by atoms with Crippen molar-refractivity contribution in [3.8, 4) is 0 Å². The average Bonchev–Trinajstić information content (AvgIpc) is 2.13. The van der Waals surface area contributed by atoms with E-state index in [1.165, 1.54) is 6.08 Å². The van der Waals surface area contributed by atoms with Crippen molar-refractivity contribution in [3.63, 3.8) is 0 Å². The summed E-state index contributed by atoms with van der Waals surface area (Å²) >= 11 is 0. The van der Waals surface area contributed by atoms with Gasteiger partial charge in [0.2, 0.25) is 0 Å². The van der Waals surface area contributed by atoms with Crippen LogP contribution in [0, 0.1) is 0 Å². The largest absolute Gasteiger partial charge is 0.388 e. The first kappa shape index (κ1) is 10.7. The number of aliphatic hydroxyl groups excluding tert-OH is 3. The second kappa shape index (κ2) is 4.72. The molecule has 0 amide bonds. The van der Waals surface area contributed by atoms with Crippen molar-refractivity contribution in [2.75, 3.05) is 6.54 Å². The molecule has 0 aliphatic heterocycles. The number of hydrogen-bond donors (Lipinski definition) is 4. The lowest BCUT2D eigenvalue weighted by molar-refractivity contribution is -0.0564. The van der Waals surface area contributed by atoms with Gasteiger partial charge >= 0.3 is 0 Å². The first-order valence-electron chi connectivity index (χ1n) is 4.62. The van der Waals surface area contributed by atoms with Crippen LogP contribution in [0.25, 0.3) is 0 Å². The topological polar surface area (TPSA) is 72.7 Å². The predicted molar refractivity (Wildman–Crippen MR) is 49.2 cm³/mol. The molecule has 0 spiro atoms. The lowest BCUT2D eigenvalue weighted by Gasteiger charge is -2.31. The van der Waals surface area contributed by atoms with E-state index in [0.717, 1.165) is 13.0 Å². The van der Waals surface area contributed by atoms with E-state index < -0.39 is 18.3 Å². The van der Waals surface area contributed by atoms with Crippen LogP contribution in [-0.2, 0) is 0 Å². The van der Waals surface area contributed by atoms with Gasteiger partial charge in [-0.05, 0) is 13.0 Å². The van der Waals surface area contributed by atoms with E-state index in [4.69, 9.17) is 5.11 Å². The molecule has 0 heterocycles. The molecule has 0 aromatic rings. The Morgan fingerprint density at radius 3 is 2.46 bits per heavy atom. The normalized spacial score (nSPS) is 39.4. The second-order valence-electron chi connectivity index (χ2n) is 3.34. The van der Waals surface area contributed by atoms with Gasteiger partial charge in [0, 0.05) is 0 Å². The van der Waals surface area contributed by atoms with Gasteiger partial charge in [-0.15, -0.1) is 0 Å². The zero-order valence-electron chi connectivity index (χ0n) is 7.72. The Labute approximate surface area is 77.9 Å². The lowest BCUT2D eigenvalue weighted by atomic mass is 9.94. The highest BCUT2D eigenvalue weighted by Gasteiger charge is 2.32. The molecule has 1 rings (SSSR count). The number of hydrogen-bond acceptors (Lipinski definition) is 4. The second-order valence-corrected chi connectivity index (χ2v) is 3.34. The third kappa shape index (κ3) is 2.51. The van der Waals surface area contributed by atoms with Crippen LogP contribution in [0.3, 0.4) is 0 Å². The molecule has 0 aromatic heterocycles. The molecule has 0 radical (unpaired) electrons. The summed E-state index contributed by atoms with van der Waals surface area (Å²) in [6.45, 7) is 2.81. The molecule has 0 saturated carbocycles. The Bertz CT molecular complexity index is 184.